The predicted molar refractivity (Wildman–Crippen MR) is 151 cm³/mol. The smallest absolute Gasteiger partial charge is 0.305 e. The van der Waals surface area contributed by atoms with Crippen LogP contribution in [0, 0.1) is 13.8 Å². The van der Waals surface area contributed by atoms with E-state index in [9.17, 15) is 4.79 Å². The Morgan fingerprint density at radius 2 is 1.80 bits per heavy atom. The first-order chi connectivity index (χ1) is 19.3. The van der Waals surface area contributed by atoms with Gasteiger partial charge in [0.25, 0.3) is 0 Å². The summed E-state index contributed by atoms with van der Waals surface area (Å²) >= 11 is 0. The lowest BCUT2D eigenvalue weighted by molar-refractivity contribution is -0.175. The Kier molecular flexibility index (Phi) is 8.45. The molecule has 0 aromatic heterocycles. The van der Waals surface area contributed by atoms with E-state index in [2.05, 4.69) is 44.2 Å². The van der Waals surface area contributed by atoms with Crippen LogP contribution in [0.3, 0.4) is 0 Å². The topological polar surface area (TPSA) is 72.5 Å². The fraction of sp³-hybridized carbons (Fsp3) is 0.424. The molecule has 0 unspecified atom stereocenters. The average molecular weight is 547 g/mol. The van der Waals surface area contributed by atoms with Gasteiger partial charge in [-0.25, -0.2) is 0 Å². The van der Waals surface area contributed by atoms with E-state index < -0.39 is 11.9 Å². The number of fused-ring (bicyclic) bond motifs is 2. The van der Waals surface area contributed by atoms with Gasteiger partial charge in [0.1, 0.15) is 18.1 Å². The van der Waals surface area contributed by atoms with Crippen LogP contribution in [-0.4, -0.2) is 38.0 Å². The molecule has 0 saturated carbocycles. The lowest BCUT2D eigenvalue weighted by Gasteiger charge is -2.28. The molecule has 0 saturated heterocycles. The van der Waals surface area contributed by atoms with Gasteiger partial charge in [0, 0.05) is 37.7 Å². The van der Waals surface area contributed by atoms with Crippen molar-refractivity contribution in [2.75, 3.05) is 26.4 Å². The maximum atomic E-state index is 11.3. The summed E-state index contributed by atoms with van der Waals surface area (Å²) in [6.45, 7) is 12.8. The summed E-state index contributed by atoms with van der Waals surface area (Å²) in [6, 6.07) is 16.4. The average Bonchev–Trinajstić information content (AvgIpc) is 3.51. The second-order valence-electron chi connectivity index (χ2n) is 10.5. The van der Waals surface area contributed by atoms with E-state index in [-0.39, 0.29) is 5.97 Å². The van der Waals surface area contributed by atoms with Gasteiger partial charge in [-0.05, 0) is 91.4 Å². The van der Waals surface area contributed by atoms with E-state index in [1.165, 1.54) is 29.2 Å². The van der Waals surface area contributed by atoms with E-state index in [1.54, 1.807) is 0 Å². The summed E-state index contributed by atoms with van der Waals surface area (Å²) < 4.78 is 35.1. The molecule has 2 aliphatic heterocycles. The Hall–Kier alpha value is -3.39. The summed E-state index contributed by atoms with van der Waals surface area (Å²) in [7, 11) is 0. The largest absolute Gasteiger partial charge is 0.489 e. The minimum Gasteiger partial charge on any atom is -0.489 e. The highest BCUT2D eigenvalue weighted by Crippen LogP contribution is 2.43. The number of rotatable bonds is 11. The number of carbonyl (C=O) groups is 1. The standard InChI is InChI=1S/C33H38O7/c1-6-35-19-33(20-36-7-2)16-29-22(4)31(21(3)13-30(29)40-33)25-10-8-9-24(14-25)17-37-27-11-12-28-26(15-27)18-38-32(28)39-23(5)34/h8-15,32H,6-7,16-20H2,1-5H3/t32-/m0/s1. The van der Waals surface area contributed by atoms with Crippen LogP contribution in [0.4, 0.5) is 0 Å². The highest BCUT2D eigenvalue weighted by Gasteiger charge is 2.41. The normalized spacial score (nSPS) is 16.8. The second-order valence-corrected chi connectivity index (χ2v) is 10.5. The van der Waals surface area contributed by atoms with Gasteiger partial charge < -0.3 is 28.4 Å². The van der Waals surface area contributed by atoms with Crippen LogP contribution in [0.5, 0.6) is 11.5 Å². The fourth-order valence-corrected chi connectivity index (χ4v) is 5.63. The van der Waals surface area contributed by atoms with Crippen LogP contribution in [0.15, 0.2) is 48.5 Å². The van der Waals surface area contributed by atoms with Crippen LogP contribution in [-0.2, 0) is 43.4 Å². The quantitative estimate of drug-likeness (QED) is 0.258. The third-order valence-electron chi connectivity index (χ3n) is 7.48. The Bertz CT molecular complexity index is 1370. The molecule has 0 N–H and O–H groups in total. The Morgan fingerprint density at radius 1 is 1.02 bits per heavy atom. The molecule has 0 aliphatic carbocycles. The molecule has 3 aromatic rings. The fourth-order valence-electron chi connectivity index (χ4n) is 5.63. The van der Waals surface area contributed by atoms with E-state index in [0.29, 0.717) is 39.6 Å². The first-order valence-electron chi connectivity index (χ1n) is 13.9. The molecule has 3 aromatic carbocycles. The third kappa shape index (κ3) is 5.87. The molecule has 212 valence electrons. The summed E-state index contributed by atoms with van der Waals surface area (Å²) in [5, 5.41) is 0. The first kappa shape index (κ1) is 28.1. The van der Waals surface area contributed by atoms with Crippen molar-refractivity contribution in [3.05, 3.63) is 81.9 Å². The molecule has 5 rings (SSSR count). The van der Waals surface area contributed by atoms with Gasteiger partial charge in [0.2, 0.25) is 6.29 Å². The van der Waals surface area contributed by atoms with Crippen LogP contribution < -0.4 is 9.47 Å². The van der Waals surface area contributed by atoms with E-state index in [1.807, 2.05) is 32.0 Å². The third-order valence-corrected chi connectivity index (χ3v) is 7.48. The lowest BCUT2D eigenvalue weighted by Crippen LogP contribution is -2.44. The van der Waals surface area contributed by atoms with Crippen LogP contribution in [0.2, 0.25) is 0 Å². The molecule has 1 atom stereocenters. The maximum Gasteiger partial charge on any atom is 0.305 e. The molecule has 40 heavy (non-hydrogen) atoms. The number of aryl methyl sites for hydroxylation is 1. The Balaban J connectivity index is 1.33. The Morgan fingerprint density at radius 3 is 2.52 bits per heavy atom. The van der Waals surface area contributed by atoms with Crippen molar-refractivity contribution in [2.45, 2.75) is 66.1 Å². The second kappa shape index (κ2) is 12.0. The minimum absolute atomic E-state index is 0.366. The SMILES string of the molecule is CCOCC1(COCC)Cc2c(cc(C)c(-c3cccc(COc4ccc5c(c4)CO[C@H]5OC(C)=O)c3)c2C)O1. The number of hydrogen-bond acceptors (Lipinski definition) is 7. The minimum atomic E-state index is -0.647. The lowest BCUT2D eigenvalue weighted by atomic mass is 9.88. The molecule has 0 bridgehead atoms. The van der Waals surface area contributed by atoms with Gasteiger partial charge in [0.05, 0.1) is 19.8 Å². The van der Waals surface area contributed by atoms with Crippen molar-refractivity contribution in [2.24, 2.45) is 0 Å². The first-order valence-corrected chi connectivity index (χ1v) is 13.9. The van der Waals surface area contributed by atoms with Crippen LogP contribution >= 0.6 is 0 Å². The maximum absolute atomic E-state index is 11.3. The number of carbonyl (C=O) groups excluding carboxylic acids is 1. The van der Waals surface area contributed by atoms with Crippen molar-refractivity contribution >= 4 is 5.97 Å². The van der Waals surface area contributed by atoms with E-state index in [0.717, 1.165) is 40.2 Å². The van der Waals surface area contributed by atoms with Gasteiger partial charge in [0.15, 0.2) is 5.60 Å². The summed E-state index contributed by atoms with van der Waals surface area (Å²) in [4.78, 5) is 11.3. The van der Waals surface area contributed by atoms with E-state index in [4.69, 9.17) is 28.4 Å². The Labute approximate surface area is 236 Å². The zero-order valence-corrected chi connectivity index (χ0v) is 24.0. The van der Waals surface area contributed by atoms with Crippen molar-refractivity contribution in [1.82, 2.24) is 0 Å². The number of hydrogen-bond donors (Lipinski definition) is 0. The molecular weight excluding hydrogens is 508 g/mol. The molecule has 0 fully saturated rings. The van der Waals surface area contributed by atoms with Crippen LogP contribution in [0.25, 0.3) is 11.1 Å². The van der Waals surface area contributed by atoms with Gasteiger partial charge in [-0.3, -0.25) is 4.79 Å². The molecule has 0 spiro atoms. The van der Waals surface area contributed by atoms with Gasteiger partial charge in [-0.2, -0.15) is 0 Å². The number of esters is 1. The molecule has 0 radical (unpaired) electrons. The van der Waals surface area contributed by atoms with Crippen molar-refractivity contribution in [3.63, 3.8) is 0 Å². The summed E-state index contributed by atoms with van der Waals surface area (Å²) in [5.74, 6) is 1.31. The molecule has 2 heterocycles. The zero-order valence-electron chi connectivity index (χ0n) is 24.0. The summed E-state index contributed by atoms with van der Waals surface area (Å²) in [5.41, 5.74) is 8.38. The van der Waals surface area contributed by atoms with Gasteiger partial charge in [-0.1, -0.05) is 18.2 Å². The molecule has 0 amide bonds. The van der Waals surface area contributed by atoms with E-state index >= 15 is 0 Å². The van der Waals surface area contributed by atoms with Gasteiger partial charge >= 0.3 is 5.97 Å². The molecule has 7 nitrogen and oxygen atoms in total. The predicted octanol–water partition coefficient (Wildman–Crippen LogP) is 6.39. The zero-order chi connectivity index (χ0) is 28.3. The van der Waals surface area contributed by atoms with Crippen LogP contribution in [0.1, 0.15) is 60.4 Å². The molecular formula is C33H38O7. The number of ether oxygens (including phenoxy) is 6. The van der Waals surface area contributed by atoms with Crippen molar-refractivity contribution in [1.29, 1.82) is 0 Å². The monoisotopic (exact) mass is 546 g/mol. The highest BCUT2D eigenvalue weighted by atomic mass is 16.7. The summed E-state index contributed by atoms with van der Waals surface area (Å²) in [6.07, 6.45) is 0.107. The van der Waals surface area contributed by atoms with Crippen molar-refractivity contribution < 1.29 is 33.2 Å². The number of benzene rings is 3. The highest BCUT2D eigenvalue weighted by molar-refractivity contribution is 5.75. The molecule has 2 aliphatic rings. The van der Waals surface area contributed by atoms with Gasteiger partial charge in [-0.15, -0.1) is 0 Å². The van der Waals surface area contributed by atoms with Crippen molar-refractivity contribution in [3.8, 4) is 22.6 Å². The molecule has 7 heteroatoms.